The van der Waals surface area contributed by atoms with Crippen molar-refractivity contribution in [2.24, 2.45) is 0 Å². The van der Waals surface area contributed by atoms with E-state index in [-0.39, 0.29) is 0 Å². The molecule has 0 aromatic carbocycles. The lowest BCUT2D eigenvalue weighted by molar-refractivity contribution is 0.404. The highest BCUT2D eigenvalue weighted by molar-refractivity contribution is 6.30. The highest BCUT2D eigenvalue weighted by atomic mass is 35.5. The van der Waals surface area contributed by atoms with Crippen LogP contribution >= 0.6 is 11.6 Å². The van der Waals surface area contributed by atoms with Crippen molar-refractivity contribution < 1.29 is 0 Å². The first-order valence-corrected chi connectivity index (χ1v) is 6.37. The summed E-state index contributed by atoms with van der Waals surface area (Å²) in [4.78, 5) is 4.33. The molecule has 90 valence electrons. The molecule has 3 rings (SSSR count). The maximum atomic E-state index is 6.01. The Morgan fingerprint density at radius 2 is 2.35 bits per heavy atom. The number of hydrogen-bond acceptors (Lipinski definition) is 3. The Morgan fingerprint density at radius 1 is 1.47 bits per heavy atom. The molecule has 2 aromatic heterocycles. The molecule has 1 aliphatic rings. The second kappa shape index (κ2) is 4.27. The van der Waals surface area contributed by atoms with Gasteiger partial charge in [-0.1, -0.05) is 18.0 Å². The van der Waals surface area contributed by atoms with E-state index in [1.54, 1.807) is 0 Å². The second-order valence-electron chi connectivity index (χ2n) is 4.59. The van der Waals surface area contributed by atoms with Gasteiger partial charge in [0.25, 0.3) is 0 Å². The van der Waals surface area contributed by atoms with Crippen molar-refractivity contribution in [3.05, 3.63) is 28.7 Å². The number of halogens is 1. The van der Waals surface area contributed by atoms with Crippen molar-refractivity contribution in [1.29, 1.82) is 0 Å². The van der Waals surface area contributed by atoms with E-state index in [0.717, 1.165) is 29.9 Å². The van der Waals surface area contributed by atoms with Crippen molar-refractivity contribution in [3.8, 4) is 0 Å². The van der Waals surface area contributed by atoms with E-state index >= 15 is 0 Å². The molecule has 1 fully saturated rings. The predicted octanol–water partition coefficient (Wildman–Crippen LogP) is 2.51. The molecule has 1 unspecified atom stereocenters. The number of rotatable bonds is 1. The summed E-state index contributed by atoms with van der Waals surface area (Å²) in [6.07, 6.45) is 5.60. The van der Waals surface area contributed by atoms with Gasteiger partial charge in [0.2, 0.25) is 0 Å². The summed E-state index contributed by atoms with van der Waals surface area (Å²) < 4.78 is 1.81. The molecule has 1 saturated heterocycles. The van der Waals surface area contributed by atoms with Crippen molar-refractivity contribution in [3.63, 3.8) is 0 Å². The molecule has 0 saturated carbocycles. The number of nitrogens with zero attached hydrogens (tertiary/aromatic N) is 3. The number of fused-ring (bicyclic) bond motifs is 1. The summed E-state index contributed by atoms with van der Waals surface area (Å²) in [6.45, 7) is 3.01. The molecule has 1 atom stereocenters. The lowest BCUT2D eigenvalue weighted by Crippen LogP contribution is -2.27. The average molecular weight is 251 g/mol. The van der Waals surface area contributed by atoms with Crippen LogP contribution in [-0.4, -0.2) is 21.1 Å². The molecule has 0 bridgehead atoms. The number of piperidine rings is 1. The van der Waals surface area contributed by atoms with E-state index < -0.39 is 0 Å². The monoisotopic (exact) mass is 250 g/mol. The fraction of sp³-hybridized carbons (Fsp3) is 0.500. The van der Waals surface area contributed by atoms with Gasteiger partial charge in [-0.2, -0.15) is 5.10 Å². The van der Waals surface area contributed by atoms with Crippen molar-refractivity contribution in [2.45, 2.75) is 32.2 Å². The van der Waals surface area contributed by atoms with Crippen molar-refractivity contribution in [2.75, 3.05) is 6.54 Å². The zero-order valence-electron chi connectivity index (χ0n) is 9.78. The van der Waals surface area contributed by atoms with Gasteiger partial charge in [-0.25, -0.2) is 9.50 Å². The Morgan fingerprint density at radius 3 is 3.12 bits per heavy atom. The van der Waals surface area contributed by atoms with Crippen LogP contribution in [0, 0.1) is 6.92 Å². The Hall–Kier alpha value is -1.13. The fourth-order valence-corrected chi connectivity index (χ4v) is 2.42. The minimum atomic E-state index is 0.365. The van der Waals surface area contributed by atoms with Gasteiger partial charge < -0.3 is 5.32 Å². The molecule has 0 aliphatic carbocycles. The molecule has 2 aromatic rings. The Kier molecular flexibility index (Phi) is 2.76. The molecule has 1 N–H and O–H groups in total. The van der Waals surface area contributed by atoms with Crippen LogP contribution < -0.4 is 5.32 Å². The van der Waals surface area contributed by atoms with Crippen LogP contribution in [0.1, 0.15) is 36.6 Å². The van der Waals surface area contributed by atoms with Gasteiger partial charge in [0.15, 0.2) is 5.65 Å². The average Bonchev–Trinajstić information content (AvgIpc) is 2.74. The largest absolute Gasteiger partial charge is 0.309 e. The third-order valence-corrected chi connectivity index (χ3v) is 3.64. The summed E-state index contributed by atoms with van der Waals surface area (Å²) in [6, 6.07) is 2.39. The topological polar surface area (TPSA) is 42.2 Å². The number of aryl methyl sites for hydroxylation is 1. The minimum Gasteiger partial charge on any atom is -0.309 e. The normalized spacial score (nSPS) is 20.9. The van der Waals surface area contributed by atoms with Gasteiger partial charge in [0.1, 0.15) is 5.15 Å². The van der Waals surface area contributed by atoms with Crippen LogP contribution in [-0.2, 0) is 0 Å². The minimum absolute atomic E-state index is 0.365. The van der Waals surface area contributed by atoms with E-state index in [2.05, 4.69) is 15.4 Å². The quantitative estimate of drug-likeness (QED) is 0.791. The number of aromatic nitrogens is 3. The third-order valence-electron chi connectivity index (χ3n) is 3.26. The highest BCUT2D eigenvalue weighted by Crippen LogP contribution is 2.23. The molecule has 17 heavy (non-hydrogen) atoms. The molecular weight excluding hydrogens is 236 g/mol. The van der Waals surface area contributed by atoms with E-state index in [9.17, 15) is 0 Å². The molecule has 1 aliphatic heterocycles. The van der Waals surface area contributed by atoms with Gasteiger partial charge in [0.05, 0.1) is 11.7 Å². The van der Waals surface area contributed by atoms with Gasteiger partial charge in [-0.15, -0.1) is 0 Å². The Labute approximate surface area is 105 Å². The van der Waals surface area contributed by atoms with Crippen LogP contribution in [0.3, 0.4) is 0 Å². The molecule has 0 radical (unpaired) electrons. The zero-order chi connectivity index (χ0) is 11.8. The molecule has 4 nitrogen and oxygen atoms in total. The van der Waals surface area contributed by atoms with E-state index in [1.165, 1.54) is 12.8 Å². The molecule has 3 heterocycles. The number of nitrogens with one attached hydrogen (secondary N) is 1. The summed E-state index contributed by atoms with van der Waals surface area (Å²) in [5.74, 6) is 0. The zero-order valence-corrected chi connectivity index (χ0v) is 10.5. The summed E-state index contributed by atoms with van der Waals surface area (Å²) in [5.41, 5.74) is 2.84. The summed E-state index contributed by atoms with van der Waals surface area (Å²) >= 11 is 6.01. The molecule has 0 spiro atoms. The SMILES string of the molecule is Cc1cn2nc(C3CCCCN3)cc2nc1Cl. The van der Waals surface area contributed by atoms with Crippen molar-refractivity contribution in [1.82, 2.24) is 19.9 Å². The van der Waals surface area contributed by atoms with Gasteiger partial charge >= 0.3 is 0 Å². The summed E-state index contributed by atoms with van der Waals surface area (Å²) in [5, 5.41) is 8.62. The van der Waals surface area contributed by atoms with E-state index in [1.807, 2.05) is 23.7 Å². The van der Waals surface area contributed by atoms with E-state index in [0.29, 0.717) is 11.2 Å². The van der Waals surface area contributed by atoms with Crippen LogP contribution in [0.15, 0.2) is 12.3 Å². The van der Waals surface area contributed by atoms with Gasteiger partial charge in [0, 0.05) is 17.8 Å². The first kappa shape index (κ1) is 11.0. The summed E-state index contributed by atoms with van der Waals surface area (Å²) in [7, 11) is 0. The lowest BCUT2D eigenvalue weighted by atomic mass is 10.0. The smallest absolute Gasteiger partial charge is 0.157 e. The first-order valence-electron chi connectivity index (χ1n) is 6.00. The van der Waals surface area contributed by atoms with Crippen molar-refractivity contribution >= 4 is 17.2 Å². The van der Waals surface area contributed by atoms with Crippen LogP contribution in [0.2, 0.25) is 5.15 Å². The third kappa shape index (κ3) is 2.03. The Bertz CT molecular complexity index is 504. The standard InChI is InChI=1S/C12H15ClN4/c1-8-7-17-11(15-12(8)13)6-10(16-17)9-4-2-3-5-14-9/h6-7,9,14H,2-5H2,1H3. The molecule has 5 heteroatoms. The van der Waals surface area contributed by atoms with Crippen LogP contribution in [0.4, 0.5) is 0 Å². The maximum absolute atomic E-state index is 6.01. The van der Waals surface area contributed by atoms with E-state index in [4.69, 9.17) is 11.6 Å². The molecule has 0 amide bonds. The van der Waals surface area contributed by atoms with Crippen LogP contribution in [0.5, 0.6) is 0 Å². The molecular formula is C12H15ClN4. The Balaban J connectivity index is 2.00. The lowest BCUT2D eigenvalue weighted by Gasteiger charge is -2.21. The van der Waals surface area contributed by atoms with Gasteiger partial charge in [-0.3, -0.25) is 0 Å². The number of hydrogen-bond donors (Lipinski definition) is 1. The maximum Gasteiger partial charge on any atom is 0.157 e. The van der Waals surface area contributed by atoms with Crippen LogP contribution in [0.25, 0.3) is 5.65 Å². The first-order chi connectivity index (χ1) is 8.24. The highest BCUT2D eigenvalue weighted by Gasteiger charge is 2.18. The fourth-order valence-electron chi connectivity index (χ4n) is 2.28. The van der Waals surface area contributed by atoms with Gasteiger partial charge in [-0.05, 0) is 26.3 Å². The second-order valence-corrected chi connectivity index (χ2v) is 4.95. The predicted molar refractivity (Wildman–Crippen MR) is 67.3 cm³/mol.